The van der Waals surface area contributed by atoms with Gasteiger partial charge in [0.1, 0.15) is 5.75 Å². The van der Waals surface area contributed by atoms with Crippen molar-refractivity contribution >= 4 is 15.9 Å². The number of hydrogen-bond acceptors (Lipinski definition) is 4. The molecular formula is C9H7BrN2O3. The number of nitrogens with zero attached hydrogens (tertiary/aromatic N) is 1. The van der Waals surface area contributed by atoms with E-state index in [-0.39, 0.29) is 5.89 Å². The highest BCUT2D eigenvalue weighted by Gasteiger charge is 2.10. The Bertz CT molecular complexity index is 532. The maximum Gasteiger partial charge on any atom is 0.434 e. The lowest BCUT2D eigenvalue weighted by atomic mass is 10.2. The molecule has 78 valence electrons. The third-order valence-electron chi connectivity index (χ3n) is 1.84. The zero-order valence-corrected chi connectivity index (χ0v) is 9.37. The summed E-state index contributed by atoms with van der Waals surface area (Å²) in [6.07, 6.45) is 0. The Kier molecular flexibility index (Phi) is 2.59. The van der Waals surface area contributed by atoms with Crippen molar-refractivity contribution in [2.45, 2.75) is 0 Å². The SMILES string of the molecule is COc1ccc(Br)c(-c2n[nH]c(=O)o2)c1. The first-order valence-electron chi connectivity index (χ1n) is 4.10. The number of nitrogens with one attached hydrogen (secondary N) is 1. The molecule has 0 saturated carbocycles. The molecule has 15 heavy (non-hydrogen) atoms. The van der Waals surface area contributed by atoms with Crippen LogP contribution in [-0.2, 0) is 0 Å². The van der Waals surface area contributed by atoms with E-state index in [4.69, 9.17) is 9.15 Å². The second kappa shape index (κ2) is 3.90. The van der Waals surface area contributed by atoms with Gasteiger partial charge in [-0.05, 0) is 34.1 Å². The molecule has 0 radical (unpaired) electrons. The third-order valence-corrected chi connectivity index (χ3v) is 2.53. The van der Waals surface area contributed by atoms with Gasteiger partial charge in [0.05, 0.1) is 12.7 Å². The number of aromatic amines is 1. The molecule has 0 unspecified atom stereocenters. The summed E-state index contributed by atoms with van der Waals surface area (Å²) in [6.45, 7) is 0. The Balaban J connectivity index is 2.56. The number of rotatable bonds is 2. The van der Waals surface area contributed by atoms with Crippen molar-refractivity contribution in [3.63, 3.8) is 0 Å². The minimum absolute atomic E-state index is 0.228. The molecule has 1 aromatic heterocycles. The Morgan fingerprint density at radius 3 is 2.93 bits per heavy atom. The second-order valence-corrected chi connectivity index (χ2v) is 3.62. The van der Waals surface area contributed by atoms with E-state index >= 15 is 0 Å². The summed E-state index contributed by atoms with van der Waals surface area (Å²) in [7, 11) is 1.56. The van der Waals surface area contributed by atoms with Gasteiger partial charge in [0.25, 0.3) is 0 Å². The summed E-state index contributed by atoms with van der Waals surface area (Å²) in [5, 5.41) is 5.93. The van der Waals surface area contributed by atoms with Crippen molar-refractivity contribution in [3.05, 3.63) is 33.2 Å². The van der Waals surface area contributed by atoms with Crippen molar-refractivity contribution in [2.24, 2.45) is 0 Å². The number of halogens is 1. The van der Waals surface area contributed by atoms with E-state index in [1.54, 1.807) is 25.3 Å². The molecule has 0 aliphatic heterocycles. The van der Waals surface area contributed by atoms with E-state index in [9.17, 15) is 4.79 Å². The number of methoxy groups -OCH3 is 1. The van der Waals surface area contributed by atoms with Crippen molar-refractivity contribution in [1.29, 1.82) is 0 Å². The molecule has 0 aliphatic rings. The molecule has 6 heteroatoms. The van der Waals surface area contributed by atoms with Crippen molar-refractivity contribution < 1.29 is 9.15 Å². The average Bonchev–Trinajstić information content (AvgIpc) is 2.65. The standard InChI is InChI=1S/C9H7BrN2O3/c1-14-5-2-3-7(10)6(4-5)8-11-12-9(13)15-8/h2-4H,1H3,(H,12,13). The lowest BCUT2D eigenvalue weighted by molar-refractivity contribution is 0.414. The highest BCUT2D eigenvalue weighted by molar-refractivity contribution is 9.10. The summed E-state index contributed by atoms with van der Waals surface area (Å²) >= 11 is 3.33. The van der Waals surface area contributed by atoms with Crippen LogP contribution in [0.4, 0.5) is 0 Å². The van der Waals surface area contributed by atoms with Gasteiger partial charge in [-0.1, -0.05) is 0 Å². The smallest absolute Gasteiger partial charge is 0.434 e. The number of H-pyrrole nitrogens is 1. The van der Waals surface area contributed by atoms with E-state index in [1.807, 2.05) is 0 Å². The first kappa shape index (κ1) is 9.97. The molecule has 0 aliphatic carbocycles. The van der Waals surface area contributed by atoms with Gasteiger partial charge in [-0.3, -0.25) is 0 Å². The number of benzene rings is 1. The predicted octanol–water partition coefficient (Wildman–Crippen LogP) is 1.80. The minimum Gasteiger partial charge on any atom is -0.497 e. The van der Waals surface area contributed by atoms with Gasteiger partial charge in [0.2, 0.25) is 5.89 Å². The van der Waals surface area contributed by atoms with Gasteiger partial charge >= 0.3 is 5.76 Å². The van der Waals surface area contributed by atoms with E-state index in [0.717, 1.165) is 4.47 Å². The molecular weight excluding hydrogens is 264 g/mol. The molecule has 0 saturated heterocycles. The highest BCUT2D eigenvalue weighted by Crippen LogP contribution is 2.29. The fraction of sp³-hybridized carbons (Fsp3) is 0.111. The van der Waals surface area contributed by atoms with Gasteiger partial charge < -0.3 is 9.15 Å². The summed E-state index contributed by atoms with van der Waals surface area (Å²) in [5.41, 5.74) is 0.660. The summed E-state index contributed by atoms with van der Waals surface area (Å²) in [5.74, 6) is 0.310. The molecule has 1 N–H and O–H groups in total. The van der Waals surface area contributed by atoms with Crippen molar-refractivity contribution in [2.75, 3.05) is 7.11 Å². The molecule has 2 aromatic rings. The highest BCUT2D eigenvalue weighted by atomic mass is 79.9. The van der Waals surface area contributed by atoms with Gasteiger partial charge in [0.15, 0.2) is 0 Å². The second-order valence-electron chi connectivity index (χ2n) is 2.76. The largest absolute Gasteiger partial charge is 0.497 e. The molecule has 0 amide bonds. The summed E-state index contributed by atoms with van der Waals surface area (Å²) in [4.78, 5) is 10.8. The van der Waals surface area contributed by atoms with Crippen LogP contribution in [0.5, 0.6) is 5.75 Å². The maximum atomic E-state index is 10.8. The molecule has 0 atom stereocenters. The molecule has 0 fully saturated rings. The molecule has 2 rings (SSSR count). The summed E-state index contributed by atoms with van der Waals surface area (Å²) < 4.78 is 10.7. The quantitative estimate of drug-likeness (QED) is 0.904. The van der Waals surface area contributed by atoms with Gasteiger partial charge in [0, 0.05) is 4.47 Å². The normalized spacial score (nSPS) is 10.3. The Labute approximate surface area is 93.2 Å². The van der Waals surface area contributed by atoms with Gasteiger partial charge in [-0.15, -0.1) is 5.10 Å². The fourth-order valence-corrected chi connectivity index (χ4v) is 1.56. The van der Waals surface area contributed by atoms with Crippen LogP contribution in [-0.4, -0.2) is 17.3 Å². The molecule has 1 aromatic carbocycles. The zero-order valence-electron chi connectivity index (χ0n) is 7.78. The predicted molar refractivity (Wildman–Crippen MR) is 56.8 cm³/mol. The number of ether oxygens (including phenoxy) is 1. The van der Waals surface area contributed by atoms with Crippen molar-refractivity contribution in [3.8, 4) is 17.2 Å². The Morgan fingerprint density at radius 2 is 2.33 bits per heavy atom. The third kappa shape index (κ3) is 1.94. The monoisotopic (exact) mass is 270 g/mol. The van der Waals surface area contributed by atoms with E-state index < -0.39 is 5.76 Å². The molecule has 0 spiro atoms. The van der Waals surface area contributed by atoms with E-state index in [1.165, 1.54) is 0 Å². The Morgan fingerprint density at radius 1 is 1.53 bits per heavy atom. The summed E-state index contributed by atoms with van der Waals surface area (Å²) in [6, 6.07) is 5.31. The first-order valence-corrected chi connectivity index (χ1v) is 4.89. The van der Waals surface area contributed by atoms with Crippen LogP contribution in [0.15, 0.2) is 31.9 Å². The van der Waals surface area contributed by atoms with Crippen LogP contribution in [0.25, 0.3) is 11.5 Å². The Hall–Kier alpha value is -1.56. The lowest BCUT2D eigenvalue weighted by Crippen LogP contribution is -1.93. The fourth-order valence-electron chi connectivity index (χ4n) is 1.14. The van der Waals surface area contributed by atoms with Crippen LogP contribution in [0.2, 0.25) is 0 Å². The average molecular weight is 271 g/mol. The molecule has 5 nitrogen and oxygen atoms in total. The zero-order chi connectivity index (χ0) is 10.8. The lowest BCUT2D eigenvalue weighted by Gasteiger charge is -2.02. The van der Waals surface area contributed by atoms with Crippen LogP contribution in [0.3, 0.4) is 0 Å². The van der Waals surface area contributed by atoms with E-state index in [0.29, 0.717) is 11.3 Å². The van der Waals surface area contributed by atoms with Crippen LogP contribution < -0.4 is 10.5 Å². The first-order chi connectivity index (χ1) is 7.20. The van der Waals surface area contributed by atoms with E-state index in [2.05, 4.69) is 26.1 Å². The number of hydrogen-bond donors (Lipinski definition) is 1. The number of aromatic nitrogens is 2. The van der Waals surface area contributed by atoms with Gasteiger partial charge in [-0.25, -0.2) is 9.89 Å². The van der Waals surface area contributed by atoms with Crippen molar-refractivity contribution in [1.82, 2.24) is 10.2 Å². The molecule has 0 bridgehead atoms. The van der Waals surface area contributed by atoms with Gasteiger partial charge in [-0.2, -0.15) is 0 Å². The van der Waals surface area contributed by atoms with Crippen LogP contribution >= 0.6 is 15.9 Å². The van der Waals surface area contributed by atoms with Crippen LogP contribution in [0, 0.1) is 0 Å². The molecule has 1 heterocycles. The minimum atomic E-state index is -0.584. The topological polar surface area (TPSA) is 68.1 Å². The van der Waals surface area contributed by atoms with Crippen LogP contribution in [0.1, 0.15) is 0 Å². The maximum absolute atomic E-state index is 10.8.